The number of rotatable bonds is 5. The molecule has 94 valence electrons. The molecule has 0 aliphatic heterocycles. The predicted octanol–water partition coefficient (Wildman–Crippen LogP) is 1.30. The van der Waals surface area contributed by atoms with Gasteiger partial charge in [0, 0.05) is 18.7 Å². The lowest BCUT2D eigenvalue weighted by atomic mass is 10.1. The number of methoxy groups -OCH3 is 1. The third-order valence-corrected chi connectivity index (χ3v) is 2.52. The van der Waals surface area contributed by atoms with Gasteiger partial charge in [0.25, 0.3) is 5.91 Å². The summed E-state index contributed by atoms with van der Waals surface area (Å²) in [7, 11) is 5.57. The molecule has 4 nitrogen and oxygen atoms in total. The van der Waals surface area contributed by atoms with Gasteiger partial charge in [0.1, 0.15) is 5.75 Å². The number of benzene rings is 1. The predicted molar refractivity (Wildman–Crippen MR) is 68.6 cm³/mol. The van der Waals surface area contributed by atoms with E-state index in [4.69, 9.17) is 4.74 Å². The molecule has 0 aliphatic rings. The van der Waals surface area contributed by atoms with Crippen LogP contribution < -0.4 is 10.1 Å². The minimum absolute atomic E-state index is 0.0352. The topological polar surface area (TPSA) is 41.6 Å². The van der Waals surface area contributed by atoms with Crippen molar-refractivity contribution in [3.63, 3.8) is 0 Å². The standard InChI is InChI=1S/C13H20N2O2/c1-10-9-11(17-4)5-6-12(10)13(16)14-7-8-15(2)3/h5-6,9H,7-8H2,1-4H3,(H,14,16). The monoisotopic (exact) mass is 236 g/mol. The van der Waals surface area contributed by atoms with Gasteiger partial charge in [-0.2, -0.15) is 0 Å². The first-order valence-electron chi connectivity index (χ1n) is 5.62. The number of likely N-dealkylation sites (N-methyl/N-ethyl adjacent to an activating group) is 1. The van der Waals surface area contributed by atoms with E-state index >= 15 is 0 Å². The largest absolute Gasteiger partial charge is 0.497 e. The van der Waals surface area contributed by atoms with E-state index in [1.54, 1.807) is 19.2 Å². The van der Waals surface area contributed by atoms with Gasteiger partial charge in [0.05, 0.1) is 7.11 Å². The molecule has 0 unspecified atom stereocenters. The molecule has 0 fully saturated rings. The summed E-state index contributed by atoms with van der Waals surface area (Å²) in [5, 5.41) is 2.89. The summed E-state index contributed by atoms with van der Waals surface area (Å²) in [6, 6.07) is 5.45. The molecule has 0 heterocycles. The Morgan fingerprint density at radius 3 is 2.65 bits per heavy atom. The molecule has 1 rings (SSSR count). The van der Waals surface area contributed by atoms with E-state index in [1.807, 2.05) is 32.0 Å². The molecular weight excluding hydrogens is 216 g/mol. The van der Waals surface area contributed by atoms with E-state index < -0.39 is 0 Å². The Labute approximate surface area is 103 Å². The number of amides is 1. The van der Waals surface area contributed by atoms with Crippen LogP contribution in [0.4, 0.5) is 0 Å². The molecule has 0 atom stereocenters. The summed E-state index contributed by atoms with van der Waals surface area (Å²) in [5.41, 5.74) is 1.62. The summed E-state index contributed by atoms with van der Waals surface area (Å²) in [6.07, 6.45) is 0. The summed E-state index contributed by atoms with van der Waals surface area (Å²) in [4.78, 5) is 13.9. The van der Waals surface area contributed by atoms with Crippen molar-refractivity contribution in [1.82, 2.24) is 10.2 Å². The Morgan fingerprint density at radius 2 is 2.12 bits per heavy atom. The van der Waals surface area contributed by atoms with E-state index in [0.29, 0.717) is 12.1 Å². The van der Waals surface area contributed by atoms with Crippen LogP contribution in [0.3, 0.4) is 0 Å². The number of ether oxygens (including phenoxy) is 1. The molecule has 0 spiro atoms. The maximum Gasteiger partial charge on any atom is 0.251 e. The van der Waals surface area contributed by atoms with Crippen molar-refractivity contribution >= 4 is 5.91 Å². The second kappa shape index (κ2) is 6.25. The maximum absolute atomic E-state index is 11.9. The van der Waals surface area contributed by atoms with Crippen molar-refractivity contribution in [2.45, 2.75) is 6.92 Å². The second-order valence-corrected chi connectivity index (χ2v) is 4.24. The minimum Gasteiger partial charge on any atom is -0.497 e. The molecule has 1 N–H and O–H groups in total. The molecule has 1 aromatic carbocycles. The van der Waals surface area contributed by atoms with Gasteiger partial charge in [-0.05, 0) is 44.8 Å². The van der Waals surface area contributed by atoms with E-state index in [1.165, 1.54) is 0 Å². The molecule has 0 saturated heterocycles. The average Bonchev–Trinajstić information content (AvgIpc) is 2.28. The van der Waals surface area contributed by atoms with Gasteiger partial charge >= 0.3 is 0 Å². The Hall–Kier alpha value is -1.55. The normalized spacial score (nSPS) is 10.4. The van der Waals surface area contributed by atoms with Gasteiger partial charge in [-0.25, -0.2) is 0 Å². The third-order valence-electron chi connectivity index (χ3n) is 2.52. The van der Waals surface area contributed by atoms with Crippen LogP contribution in [0.2, 0.25) is 0 Å². The average molecular weight is 236 g/mol. The number of nitrogens with one attached hydrogen (secondary N) is 1. The molecule has 17 heavy (non-hydrogen) atoms. The van der Waals surface area contributed by atoms with Gasteiger partial charge in [0.2, 0.25) is 0 Å². The SMILES string of the molecule is COc1ccc(C(=O)NCCN(C)C)c(C)c1. The molecule has 4 heteroatoms. The van der Waals surface area contributed by atoms with Crippen molar-refractivity contribution < 1.29 is 9.53 Å². The molecule has 0 aromatic heterocycles. The first kappa shape index (κ1) is 13.5. The van der Waals surface area contributed by atoms with Crippen LogP contribution in [0.5, 0.6) is 5.75 Å². The number of hydrogen-bond donors (Lipinski definition) is 1. The van der Waals surface area contributed by atoms with Gasteiger partial charge in [0.15, 0.2) is 0 Å². The smallest absolute Gasteiger partial charge is 0.251 e. The Kier molecular flexibility index (Phi) is 4.97. The number of carbonyl (C=O) groups excluding carboxylic acids is 1. The van der Waals surface area contributed by atoms with Crippen LogP contribution >= 0.6 is 0 Å². The van der Waals surface area contributed by atoms with Crippen LogP contribution in [0.15, 0.2) is 18.2 Å². The zero-order chi connectivity index (χ0) is 12.8. The summed E-state index contributed by atoms with van der Waals surface area (Å²) in [5.74, 6) is 0.736. The number of aryl methyl sites for hydroxylation is 1. The van der Waals surface area contributed by atoms with E-state index in [0.717, 1.165) is 17.9 Å². The van der Waals surface area contributed by atoms with Crippen LogP contribution in [0, 0.1) is 6.92 Å². The van der Waals surface area contributed by atoms with Gasteiger partial charge < -0.3 is 15.0 Å². The molecular formula is C13H20N2O2. The Morgan fingerprint density at radius 1 is 1.41 bits per heavy atom. The fourth-order valence-corrected chi connectivity index (χ4v) is 1.51. The van der Waals surface area contributed by atoms with Crippen LogP contribution in [0.25, 0.3) is 0 Å². The molecule has 1 aromatic rings. The zero-order valence-corrected chi connectivity index (χ0v) is 10.9. The second-order valence-electron chi connectivity index (χ2n) is 4.24. The first-order chi connectivity index (χ1) is 8.04. The molecule has 0 radical (unpaired) electrons. The van der Waals surface area contributed by atoms with E-state index in [-0.39, 0.29) is 5.91 Å². The summed E-state index contributed by atoms with van der Waals surface area (Å²) >= 11 is 0. The van der Waals surface area contributed by atoms with Gasteiger partial charge in [-0.1, -0.05) is 0 Å². The Bertz CT molecular complexity index is 389. The fourth-order valence-electron chi connectivity index (χ4n) is 1.51. The van der Waals surface area contributed by atoms with E-state index in [2.05, 4.69) is 5.32 Å². The van der Waals surface area contributed by atoms with Crippen molar-refractivity contribution in [3.05, 3.63) is 29.3 Å². The highest BCUT2D eigenvalue weighted by Crippen LogP contribution is 2.16. The molecule has 0 bridgehead atoms. The highest BCUT2D eigenvalue weighted by Gasteiger charge is 2.08. The van der Waals surface area contributed by atoms with E-state index in [9.17, 15) is 4.79 Å². The lowest BCUT2D eigenvalue weighted by Crippen LogP contribution is -2.31. The highest BCUT2D eigenvalue weighted by atomic mass is 16.5. The third kappa shape index (κ3) is 4.07. The number of nitrogens with zero attached hydrogens (tertiary/aromatic N) is 1. The Balaban J connectivity index is 2.63. The van der Waals surface area contributed by atoms with Crippen LogP contribution in [-0.2, 0) is 0 Å². The molecule has 1 amide bonds. The fraction of sp³-hybridized carbons (Fsp3) is 0.462. The van der Waals surface area contributed by atoms with Crippen molar-refractivity contribution in [3.8, 4) is 5.75 Å². The number of carbonyl (C=O) groups is 1. The van der Waals surface area contributed by atoms with Crippen LogP contribution in [0.1, 0.15) is 15.9 Å². The highest BCUT2D eigenvalue weighted by molar-refractivity contribution is 5.95. The van der Waals surface area contributed by atoms with Crippen molar-refractivity contribution in [2.75, 3.05) is 34.3 Å². The maximum atomic E-state index is 11.9. The van der Waals surface area contributed by atoms with Gasteiger partial charge in [-0.3, -0.25) is 4.79 Å². The minimum atomic E-state index is -0.0352. The van der Waals surface area contributed by atoms with Crippen LogP contribution in [-0.4, -0.2) is 45.1 Å². The van der Waals surface area contributed by atoms with Crippen molar-refractivity contribution in [2.24, 2.45) is 0 Å². The summed E-state index contributed by atoms with van der Waals surface area (Å²) in [6.45, 7) is 3.39. The summed E-state index contributed by atoms with van der Waals surface area (Å²) < 4.78 is 5.10. The quantitative estimate of drug-likeness (QED) is 0.837. The number of hydrogen-bond acceptors (Lipinski definition) is 3. The zero-order valence-electron chi connectivity index (χ0n) is 10.9. The molecule has 0 saturated carbocycles. The molecule has 0 aliphatic carbocycles. The van der Waals surface area contributed by atoms with Crippen molar-refractivity contribution in [1.29, 1.82) is 0 Å². The lowest BCUT2D eigenvalue weighted by molar-refractivity contribution is 0.0950. The lowest BCUT2D eigenvalue weighted by Gasteiger charge is -2.12. The van der Waals surface area contributed by atoms with Gasteiger partial charge in [-0.15, -0.1) is 0 Å². The first-order valence-corrected chi connectivity index (χ1v) is 5.62.